The molecule has 0 radical (unpaired) electrons. The van der Waals surface area contributed by atoms with Crippen molar-refractivity contribution in [1.82, 2.24) is 10.2 Å². The number of nitrogens with zero attached hydrogens (tertiary/aromatic N) is 1. The molecule has 0 amide bonds. The number of rotatable bonds is 3. The van der Waals surface area contributed by atoms with E-state index in [-0.39, 0.29) is 5.82 Å². The number of likely N-dealkylation sites (tertiary alicyclic amines) is 1. The fourth-order valence-electron chi connectivity index (χ4n) is 2.12. The van der Waals surface area contributed by atoms with Crippen LogP contribution in [0, 0.1) is 5.82 Å². The predicted molar refractivity (Wildman–Crippen MR) is 64.2 cm³/mol. The van der Waals surface area contributed by atoms with Gasteiger partial charge >= 0.3 is 0 Å². The highest BCUT2D eigenvalue weighted by molar-refractivity contribution is 6.31. The molecule has 88 valence electrons. The highest BCUT2D eigenvalue weighted by atomic mass is 35.5. The molecular formula is C12H16ClFN2. The van der Waals surface area contributed by atoms with E-state index in [1.54, 1.807) is 6.07 Å². The van der Waals surface area contributed by atoms with Crippen LogP contribution >= 0.6 is 11.6 Å². The average Bonchev–Trinajstić information content (AvgIpc) is 2.71. The van der Waals surface area contributed by atoms with E-state index in [0.717, 1.165) is 31.6 Å². The monoisotopic (exact) mass is 242 g/mol. The third-order valence-corrected chi connectivity index (χ3v) is 3.45. The first-order chi connectivity index (χ1) is 7.69. The van der Waals surface area contributed by atoms with E-state index in [4.69, 9.17) is 11.6 Å². The third-order valence-electron chi connectivity index (χ3n) is 3.08. The summed E-state index contributed by atoms with van der Waals surface area (Å²) >= 11 is 6.04. The van der Waals surface area contributed by atoms with Crippen LogP contribution in [0.5, 0.6) is 0 Å². The minimum Gasteiger partial charge on any atom is -0.316 e. The molecule has 1 fully saturated rings. The number of hydrogen-bond acceptors (Lipinski definition) is 2. The largest absolute Gasteiger partial charge is 0.316 e. The molecule has 1 unspecified atom stereocenters. The Morgan fingerprint density at radius 2 is 2.38 bits per heavy atom. The molecule has 1 aliphatic heterocycles. The van der Waals surface area contributed by atoms with Gasteiger partial charge in [0.2, 0.25) is 0 Å². The van der Waals surface area contributed by atoms with Crippen LogP contribution in [0.4, 0.5) is 4.39 Å². The molecule has 1 N–H and O–H groups in total. The summed E-state index contributed by atoms with van der Waals surface area (Å²) in [7, 11) is 1.98. The zero-order valence-electron chi connectivity index (χ0n) is 9.34. The maximum absolute atomic E-state index is 13.1. The van der Waals surface area contributed by atoms with E-state index in [2.05, 4.69) is 10.2 Å². The summed E-state index contributed by atoms with van der Waals surface area (Å²) in [5.74, 6) is -0.219. The highest BCUT2D eigenvalue weighted by Crippen LogP contribution is 2.21. The molecule has 0 aromatic heterocycles. The van der Waals surface area contributed by atoms with E-state index in [1.807, 2.05) is 7.05 Å². The normalized spacial score (nSPS) is 21.6. The van der Waals surface area contributed by atoms with Crippen molar-refractivity contribution in [2.24, 2.45) is 0 Å². The fourth-order valence-corrected chi connectivity index (χ4v) is 2.29. The minimum absolute atomic E-state index is 0.219. The lowest BCUT2D eigenvalue weighted by Crippen LogP contribution is -2.29. The molecular weight excluding hydrogens is 227 g/mol. The van der Waals surface area contributed by atoms with Gasteiger partial charge in [-0.3, -0.25) is 4.90 Å². The lowest BCUT2D eigenvalue weighted by Gasteiger charge is -2.16. The van der Waals surface area contributed by atoms with Gasteiger partial charge in [-0.15, -0.1) is 0 Å². The number of halogens is 2. The van der Waals surface area contributed by atoms with E-state index >= 15 is 0 Å². The summed E-state index contributed by atoms with van der Waals surface area (Å²) in [4.78, 5) is 2.29. The lowest BCUT2D eigenvalue weighted by molar-refractivity contribution is 0.322. The maximum Gasteiger partial charge on any atom is 0.123 e. The van der Waals surface area contributed by atoms with E-state index < -0.39 is 0 Å². The highest BCUT2D eigenvalue weighted by Gasteiger charge is 2.21. The Hall–Kier alpha value is -0.640. The summed E-state index contributed by atoms with van der Waals surface area (Å²) in [5, 5.41) is 3.90. The molecule has 0 aliphatic carbocycles. The van der Waals surface area contributed by atoms with Gasteiger partial charge in [-0.2, -0.15) is 0 Å². The van der Waals surface area contributed by atoms with Crippen molar-refractivity contribution in [3.05, 3.63) is 34.6 Å². The Balaban J connectivity index is 2.01. The van der Waals surface area contributed by atoms with Gasteiger partial charge in [-0.1, -0.05) is 11.6 Å². The Labute approximate surface area is 100 Å². The van der Waals surface area contributed by atoms with E-state index in [9.17, 15) is 4.39 Å². The summed E-state index contributed by atoms with van der Waals surface area (Å²) in [5.41, 5.74) is 0.874. The van der Waals surface area contributed by atoms with Crippen molar-refractivity contribution < 1.29 is 4.39 Å². The summed E-state index contributed by atoms with van der Waals surface area (Å²) in [6, 6.07) is 5.09. The molecule has 16 heavy (non-hydrogen) atoms. The lowest BCUT2D eigenvalue weighted by atomic mass is 10.2. The van der Waals surface area contributed by atoms with Crippen LogP contribution in [0.3, 0.4) is 0 Å². The van der Waals surface area contributed by atoms with Gasteiger partial charge in [-0.25, -0.2) is 4.39 Å². The SMILES string of the molecule is CNC1CCN(Cc2cc(F)ccc2Cl)C1. The van der Waals surface area contributed by atoms with E-state index in [0.29, 0.717) is 11.1 Å². The van der Waals surface area contributed by atoms with Crippen molar-refractivity contribution >= 4 is 11.6 Å². The van der Waals surface area contributed by atoms with Gasteiger partial charge in [0.25, 0.3) is 0 Å². The summed E-state index contributed by atoms with van der Waals surface area (Å²) in [6.45, 7) is 2.77. The zero-order chi connectivity index (χ0) is 11.5. The molecule has 4 heteroatoms. The predicted octanol–water partition coefficient (Wildman–Crippen LogP) is 2.27. The van der Waals surface area contributed by atoms with E-state index in [1.165, 1.54) is 12.1 Å². The zero-order valence-corrected chi connectivity index (χ0v) is 10.1. The van der Waals surface area contributed by atoms with Crippen LogP contribution in [0.25, 0.3) is 0 Å². The van der Waals surface area contributed by atoms with Gasteiger partial charge in [0.05, 0.1) is 0 Å². The van der Waals surface area contributed by atoms with Crippen LogP contribution < -0.4 is 5.32 Å². The number of hydrogen-bond donors (Lipinski definition) is 1. The fraction of sp³-hybridized carbons (Fsp3) is 0.500. The Morgan fingerprint density at radius 3 is 3.06 bits per heavy atom. The molecule has 0 spiro atoms. The Kier molecular flexibility index (Phi) is 3.79. The second-order valence-electron chi connectivity index (χ2n) is 4.25. The van der Waals surface area contributed by atoms with Crippen molar-refractivity contribution in [2.45, 2.75) is 19.0 Å². The van der Waals surface area contributed by atoms with Gasteiger partial charge < -0.3 is 5.32 Å². The van der Waals surface area contributed by atoms with Gasteiger partial charge in [-0.05, 0) is 37.2 Å². The number of nitrogens with one attached hydrogen (secondary N) is 1. The second kappa shape index (κ2) is 5.13. The minimum atomic E-state index is -0.219. The molecule has 2 rings (SSSR count). The molecule has 0 saturated carbocycles. The Bertz CT molecular complexity index is 370. The molecule has 0 bridgehead atoms. The second-order valence-corrected chi connectivity index (χ2v) is 4.65. The first kappa shape index (κ1) is 11.8. The topological polar surface area (TPSA) is 15.3 Å². The molecule has 1 aromatic carbocycles. The van der Waals surface area contributed by atoms with Crippen LogP contribution in [0.2, 0.25) is 5.02 Å². The van der Waals surface area contributed by atoms with Crippen molar-refractivity contribution in [3.8, 4) is 0 Å². The average molecular weight is 243 g/mol. The first-order valence-corrected chi connectivity index (χ1v) is 5.90. The first-order valence-electron chi connectivity index (χ1n) is 5.52. The molecule has 1 saturated heterocycles. The summed E-state index contributed by atoms with van der Waals surface area (Å²) in [6.07, 6.45) is 1.14. The van der Waals surface area contributed by atoms with Crippen LogP contribution in [0.1, 0.15) is 12.0 Å². The molecule has 2 nitrogen and oxygen atoms in total. The van der Waals surface area contributed by atoms with Crippen LogP contribution in [0.15, 0.2) is 18.2 Å². The van der Waals surface area contributed by atoms with Crippen molar-refractivity contribution in [2.75, 3.05) is 20.1 Å². The molecule has 1 aromatic rings. The quantitative estimate of drug-likeness (QED) is 0.875. The van der Waals surface area contributed by atoms with Gasteiger partial charge in [0.1, 0.15) is 5.82 Å². The molecule has 1 heterocycles. The van der Waals surface area contributed by atoms with Crippen LogP contribution in [-0.4, -0.2) is 31.1 Å². The maximum atomic E-state index is 13.1. The van der Waals surface area contributed by atoms with Gasteiger partial charge in [0.15, 0.2) is 0 Å². The summed E-state index contributed by atoms with van der Waals surface area (Å²) < 4.78 is 13.1. The number of likely N-dealkylation sites (N-methyl/N-ethyl adjacent to an activating group) is 1. The van der Waals surface area contributed by atoms with Crippen molar-refractivity contribution in [3.63, 3.8) is 0 Å². The third kappa shape index (κ3) is 2.73. The van der Waals surface area contributed by atoms with Crippen molar-refractivity contribution in [1.29, 1.82) is 0 Å². The molecule has 1 aliphatic rings. The molecule has 1 atom stereocenters. The smallest absolute Gasteiger partial charge is 0.123 e. The Morgan fingerprint density at radius 1 is 1.56 bits per heavy atom. The standard InChI is InChI=1S/C12H16ClFN2/c1-15-11-4-5-16(8-11)7-9-6-10(14)2-3-12(9)13/h2-3,6,11,15H,4-5,7-8H2,1H3. The van der Waals surface area contributed by atoms with Crippen LogP contribution in [-0.2, 0) is 6.54 Å². The number of benzene rings is 1. The van der Waals surface area contributed by atoms with Gasteiger partial charge in [0, 0.05) is 30.7 Å².